The number of allylic oxidation sites excluding steroid dienone is 2. The molecule has 4 aliphatic carbocycles. The Kier molecular flexibility index (Phi) is 3.23. The van der Waals surface area contributed by atoms with Gasteiger partial charge in [0.1, 0.15) is 0 Å². The average molecular weight is 351 g/mol. The second-order valence-corrected chi connectivity index (χ2v) is 8.94. The molecule has 26 heavy (non-hydrogen) atoms. The molecule has 1 saturated carbocycles. The molecular weight excluding hydrogens is 326 g/mol. The van der Waals surface area contributed by atoms with Crippen molar-refractivity contribution in [1.82, 2.24) is 4.90 Å². The fourth-order valence-corrected chi connectivity index (χ4v) is 5.96. The zero-order valence-corrected chi connectivity index (χ0v) is 15.5. The maximum atomic E-state index is 13.6. The van der Waals surface area contributed by atoms with Gasteiger partial charge in [-0.1, -0.05) is 57.2 Å². The molecule has 0 N–H and O–H groups in total. The van der Waals surface area contributed by atoms with Crippen LogP contribution in [0, 0.1) is 23.7 Å². The van der Waals surface area contributed by atoms with Gasteiger partial charge in [0.05, 0.1) is 6.04 Å². The maximum absolute atomic E-state index is 13.6. The quantitative estimate of drug-likeness (QED) is 0.712. The second kappa shape index (κ2) is 5.21. The second-order valence-electron chi connectivity index (χ2n) is 8.94. The topological polar surface area (TPSA) is 46.6 Å². The molecule has 1 aromatic rings. The smallest absolute Gasteiger partial charge is 0.417 e. The van der Waals surface area contributed by atoms with Crippen LogP contribution in [0.1, 0.15) is 50.8 Å². The van der Waals surface area contributed by atoms with E-state index in [-0.39, 0.29) is 41.2 Å². The number of ether oxygens (including phenoxy) is 1. The molecule has 6 rings (SSSR count). The van der Waals surface area contributed by atoms with Crippen LogP contribution >= 0.6 is 0 Å². The monoisotopic (exact) mass is 351 g/mol. The number of carbonyl (C=O) groups excluding carboxylic acids is 2. The number of rotatable bonds is 1. The van der Waals surface area contributed by atoms with E-state index in [4.69, 9.17) is 4.74 Å². The van der Waals surface area contributed by atoms with Gasteiger partial charge in [0.25, 0.3) is 0 Å². The molecule has 1 heterocycles. The Labute approximate surface area is 154 Å². The number of benzene rings is 1. The van der Waals surface area contributed by atoms with E-state index in [0.29, 0.717) is 5.92 Å². The fourth-order valence-electron chi connectivity index (χ4n) is 5.96. The van der Waals surface area contributed by atoms with E-state index in [1.165, 1.54) is 10.5 Å². The third-order valence-electron chi connectivity index (χ3n) is 7.35. The number of amides is 2. The van der Waals surface area contributed by atoms with Gasteiger partial charge >= 0.3 is 6.09 Å². The van der Waals surface area contributed by atoms with Crippen molar-refractivity contribution < 1.29 is 14.3 Å². The molecule has 2 fully saturated rings. The Bertz CT molecular complexity index is 826. The highest BCUT2D eigenvalue weighted by molar-refractivity contribution is 5.96. The highest BCUT2D eigenvalue weighted by atomic mass is 16.6. The van der Waals surface area contributed by atoms with Crippen molar-refractivity contribution in [2.45, 2.75) is 51.2 Å². The Morgan fingerprint density at radius 2 is 1.85 bits per heavy atom. The van der Waals surface area contributed by atoms with Crippen molar-refractivity contribution in [2.75, 3.05) is 0 Å². The third-order valence-corrected chi connectivity index (χ3v) is 7.35. The van der Waals surface area contributed by atoms with Crippen molar-refractivity contribution in [3.05, 3.63) is 47.5 Å². The minimum absolute atomic E-state index is 0.0325. The Balaban J connectivity index is 1.54. The molecule has 6 atom stereocenters. The van der Waals surface area contributed by atoms with E-state index in [1.54, 1.807) is 0 Å². The predicted molar refractivity (Wildman–Crippen MR) is 97.3 cm³/mol. The minimum atomic E-state index is -0.467. The summed E-state index contributed by atoms with van der Waals surface area (Å²) in [6.45, 7) is 6.40. The largest absolute Gasteiger partial charge is 0.439 e. The van der Waals surface area contributed by atoms with Crippen LogP contribution in [-0.2, 0) is 14.9 Å². The van der Waals surface area contributed by atoms with Gasteiger partial charge in [-0.15, -0.1) is 0 Å². The molecule has 1 saturated heterocycles. The predicted octanol–water partition coefficient (Wildman–Crippen LogP) is 4.21. The molecule has 4 nitrogen and oxygen atoms in total. The van der Waals surface area contributed by atoms with Crippen molar-refractivity contribution in [3.8, 4) is 0 Å². The van der Waals surface area contributed by atoms with Gasteiger partial charge in [0, 0.05) is 11.3 Å². The zero-order valence-electron chi connectivity index (χ0n) is 15.5. The average Bonchev–Trinajstić information content (AvgIpc) is 3.09. The Morgan fingerprint density at radius 3 is 2.54 bits per heavy atom. The number of carbonyl (C=O) groups is 2. The van der Waals surface area contributed by atoms with Gasteiger partial charge in [-0.3, -0.25) is 4.79 Å². The first-order valence-corrected chi connectivity index (χ1v) is 9.72. The lowest BCUT2D eigenvalue weighted by atomic mass is 9.62. The number of hydrogen-bond donors (Lipinski definition) is 0. The van der Waals surface area contributed by atoms with Gasteiger partial charge in [-0.2, -0.15) is 0 Å². The molecule has 0 aromatic heterocycles. The molecule has 136 valence electrons. The lowest BCUT2D eigenvalue weighted by Crippen LogP contribution is -2.53. The summed E-state index contributed by atoms with van der Waals surface area (Å²) in [5.74, 6) is 0.850. The number of nitrogens with zero attached hydrogens (tertiary/aromatic N) is 1. The van der Waals surface area contributed by atoms with Gasteiger partial charge in [-0.05, 0) is 41.7 Å². The van der Waals surface area contributed by atoms with E-state index < -0.39 is 6.09 Å². The highest BCUT2D eigenvalue weighted by Crippen LogP contribution is 2.54. The van der Waals surface area contributed by atoms with E-state index in [0.717, 1.165) is 18.4 Å². The lowest BCUT2D eigenvalue weighted by Gasteiger charge is -2.44. The summed E-state index contributed by atoms with van der Waals surface area (Å²) in [4.78, 5) is 27.8. The summed E-state index contributed by atoms with van der Waals surface area (Å²) in [5, 5.41) is 0. The lowest BCUT2D eigenvalue weighted by molar-refractivity contribution is -0.140. The molecule has 2 bridgehead atoms. The summed E-state index contributed by atoms with van der Waals surface area (Å²) in [6, 6.07) is 7.86. The number of hydrogen-bond acceptors (Lipinski definition) is 3. The first-order valence-electron chi connectivity index (χ1n) is 9.72. The van der Waals surface area contributed by atoms with Crippen molar-refractivity contribution in [2.24, 2.45) is 23.7 Å². The SMILES string of the molecule is C[C@@H]1[C@@H](C(=O)N2C(=O)O[C@@H]3c4ccccc4C(C)(C)[C@@H]32)[C@H]2C=C[C@@H]1CC2. The molecule has 1 aromatic carbocycles. The van der Waals surface area contributed by atoms with Crippen LogP contribution in [0.15, 0.2) is 36.4 Å². The van der Waals surface area contributed by atoms with E-state index in [1.807, 2.05) is 18.2 Å². The molecule has 0 unspecified atom stereocenters. The molecule has 0 spiro atoms. The number of fused-ring (bicyclic) bond motifs is 5. The summed E-state index contributed by atoms with van der Waals surface area (Å²) in [7, 11) is 0. The van der Waals surface area contributed by atoms with Crippen LogP contribution in [0.4, 0.5) is 4.79 Å². The van der Waals surface area contributed by atoms with Crippen LogP contribution in [0.3, 0.4) is 0 Å². The van der Waals surface area contributed by atoms with E-state index >= 15 is 0 Å². The van der Waals surface area contributed by atoms with Crippen LogP contribution in [0.25, 0.3) is 0 Å². The summed E-state index contributed by atoms with van der Waals surface area (Å²) in [5.41, 5.74) is 1.92. The fraction of sp³-hybridized carbons (Fsp3) is 0.545. The molecule has 5 aliphatic rings. The van der Waals surface area contributed by atoms with Gasteiger partial charge in [-0.25, -0.2) is 9.69 Å². The van der Waals surface area contributed by atoms with Crippen molar-refractivity contribution >= 4 is 12.0 Å². The van der Waals surface area contributed by atoms with Gasteiger partial charge < -0.3 is 4.74 Å². The first-order chi connectivity index (χ1) is 12.4. The third kappa shape index (κ3) is 1.90. The van der Waals surface area contributed by atoms with Crippen LogP contribution in [-0.4, -0.2) is 22.9 Å². The summed E-state index contributed by atoms with van der Waals surface area (Å²) in [6.07, 6.45) is 5.85. The highest BCUT2D eigenvalue weighted by Gasteiger charge is 2.60. The van der Waals surface area contributed by atoms with Crippen molar-refractivity contribution in [1.29, 1.82) is 0 Å². The zero-order chi connectivity index (χ0) is 18.2. The maximum Gasteiger partial charge on any atom is 0.417 e. The van der Waals surface area contributed by atoms with E-state index in [2.05, 4.69) is 39.0 Å². The molecule has 0 radical (unpaired) electrons. The normalized spacial score (nSPS) is 38.9. The van der Waals surface area contributed by atoms with Crippen LogP contribution in [0.5, 0.6) is 0 Å². The Hall–Kier alpha value is -2.10. The van der Waals surface area contributed by atoms with E-state index in [9.17, 15) is 9.59 Å². The molecule has 4 heteroatoms. The van der Waals surface area contributed by atoms with Gasteiger partial charge in [0.15, 0.2) is 6.10 Å². The molecular formula is C22H25NO3. The summed E-state index contributed by atoms with van der Waals surface area (Å²) < 4.78 is 5.74. The van der Waals surface area contributed by atoms with Crippen molar-refractivity contribution in [3.63, 3.8) is 0 Å². The Morgan fingerprint density at radius 1 is 1.15 bits per heavy atom. The first kappa shape index (κ1) is 16.1. The van der Waals surface area contributed by atoms with Crippen LogP contribution < -0.4 is 0 Å². The number of imide groups is 1. The standard InChI is InChI=1S/C22H25NO3/c1-12-13-8-10-14(11-9-13)17(12)20(24)23-19-18(26-21(23)25)15-6-4-5-7-16(15)22(19,2)3/h4-8,10,12-14,17-19H,9,11H2,1-3H3/t12-,13+,14-,17+,18+,19+/m0/s1. The molecule has 1 aliphatic heterocycles. The molecule has 2 amide bonds. The minimum Gasteiger partial charge on any atom is -0.439 e. The summed E-state index contributed by atoms with van der Waals surface area (Å²) >= 11 is 0. The van der Waals surface area contributed by atoms with Crippen LogP contribution in [0.2, 0.25) is 0 Å². The van der Waals surface area contributed by atoms with Gasteiger partial charge in [0.2, 0.25) is 5.91 Å².